The fourth-order valence-corrected chi connectivity index (χ4v) is 2.09. The van der Waals surface area contributed by atoms with Crippen LogP contribution in [0.3, 0.4) is 0 Å². The van der Waals surface area contributed by atoms with E-state index in [9.17, 15) is 8.42 Å². The lowest BCUT2D eigenvalue weighted by molar-refractivity contribution is 0.567. The summed E-state index contributed by atoms with van der Waals surface area (Å²) < 4.78 is 28.0. The second kappa shape index (κ2) is 5.77. The maximum atomic E-state index is 11.2. The number of benzene rings is 1. The molecular weight excluding hydrogens is 292 g/mol. The Morgan fingerprint density at radius 1 is 1.31 bits per heavy atom. The maximum Gasteiger partial charge on any atom is 0.276 e. The first-order valence-electron chi connectivity index (χ1n) is 4.88. The van der Waals surface area contributed by atoms with Crippen LogP contribution in [-0.4, -0.2) is 22.0 Å². The van der Waals surface area contributed by atoms with E-state index in [1.165, 1.54) is 7.05 Å². The highest BCUT2D eigenvalue weighted by atomic mass is 79.9. The largest absolute Gasteiger partial charge is 0.276 e. The van der Waals surface area contributed by atoms with Gasteiger partial charge < -0.3 is 0 Å². The second-order valence-corrected chi connectivity index (χ2v) is 6.13. The van der Waals surface area contributed by atoms with E-state index >= 15 is 0 Å². The van der Waals surface area contributed by atoms with Crippen LogP contribution in [0.5, 0.6) is 0 Å². The van der Waals surface area contributed by atoms with Gasteiger partial charge in [-0.25, -0.2) is 9.44 Å². The molecule has 1 aromatic carbocycles. The molecule has 0 spiro atoms. The molecule has 0 amide bonds. The van der Waals surface area contributed by atoms with Crippen molar-refractivity contribution in [1.82, 2.24) is 9.44 Å². The molecule has 4 nitrogen and oxygen atoms in total. The first-order chi connectivity index (χ1) is 7.44. The summed E-state index contributed by atoms with van der Waals surface area (Å²) in [5.74, 6) is 0.135. The van der Waals surface area contributed by atoms with Crippen LogP contribution >= 0.6 is 15.9 Å². The minimum Gasteiger partial charge on any atom is -0.205 e. The number of hydrogen-bond acceptors (Lipinski definition) is 2. The molecule has 0 heterocycles. The Kier molecular flexibility index (Phi) is 4.91. The monoisotopic (exact) mass is 306 g/mol. The highest BCUT2D eigenvalue weighted by molar-refractivity contribution is 9.10. The minimum absolute atomic E-state index is 0.135. The quantitative estimate of drug-likeness (QED) is 0.868. The van der Waals surface area contributed by atoms with Crippen molar-refractivity contribution in [3.8, 4) is 0 Å². The third kappa shape index (κ3) is 4.21. The molecule has 0 fully saturated rings. The molecule has 0 aliphatic carbocycles. The third-order valence-corrected chi connectivity index (χ3v) is 3.90. The molecule has 0 saturated carbocycles. The van der Waals surface area contributed by atoms with Crippen LogP contribution < -0.4 is 9.44 Å². The van der Waals surface area contributed by atoms with Gasteiger partial charge in [0, 0.05) is 18.1 Å². The van der Waals surface area contributed by atoms with E-state index in [2.05, 4.69) is 25.4 Å². The number of rotatable bonds is 5. The van der Waals surface area contributed by atoms with E-state index < -0.39 is 10.2 Å². The van der Waals surface area contributed by atoms with E-state index in [1.807, 2.05) is 31.2 Å². The van der Waals surface area contributed by atoms with Crippen LogP contribution in [0.25, 0.3) is 0 Å². The Morgan fingerprint density at radius 2 is 1.88 bits per heavy atom. The highest BCUT2D eigenvalue weighted by Crippen LogP contribution is 2.17. The van der Waals surface area contributed by atoms with Crippen molar-refractivity contribution in [3.05, 3.63) is 34.3 Å². The lowest BCUT2D eigenvalue weighted by Gasteiger charge is -2.12. The molecule has 2 N–H and O–H groups in total. The average Bonchev–Trinajstić information content (AvgIpc) is 2.27. The van der Waals surface area contributed by atoms with Crippen LogP contribution in [0.2, 0.25) is 0 Å². The van der Waals surface area contributed by atoms with Crippen molar-refractivity contribution in [3.63, 3.8) is 0 Å². The van der Waals surface area contributed by atoms with Crippen molar-refractivity contribution in [2.75, 3.05) is 13.6 Å². The van der Waals surface area contributed by atoms with E-state index in [0.29, 0.717) is 6.54 Å². The average molecular weight is 307 g/mol. The predicted molar refractivity (Wildman–Crippen MR) is 68.5 cm³/mol. The summed E-state index contributed by atoms with van der Waals surface area (Å²) >= 11 is 3.35. The summed E-state index contributed by atoms with van der Waals surface area (Å²) in [6, 6.07) is 7.83. The van der Waals surface area contributed by atoms with Gasteiger partial charge in [-0.05, 0) is 23.6 Å². The summed E-state index contributed by atoms with van der Waals surface area (Å²) in [5, 5.41) is 0. The Bertz CT molecular complexity index is 431. The zero-order valence-electron chi connectivity index (χ0n) is 9.20. The molecule has 16 heavy (non-hydrogen) atoms. The maximum absolute atomic E-state index is 11.2. The predicted octanol–water partition coefficient (Wildman–Crippen LogP) is 1.61. The summed E-state index contributed by atoms with van der Waals surface area (Å²) in [5.41, 5.74) is 1.10. The number of hydrogen-bond donors (Lipinski definition) is 2. The number of halogens is 1. The van der Waals surface area contributed by atoms with Crippen molar-refractivity contribution in [2.45, 2.75) is 12.8 Å². The highest BCUT2D eigenvalue weighted by Gasteiger charge is 2.10. The van der Waals surface area contributed by atoms with Crippen molar-refractivity contribution < 1.29 is 8.42 Å². The fourth-order valence-electron chi connectivity index (χ4n) is 1.22. The molecule has 90 valence electrons. The third-order valence-electron chi connectivity index (χ3n) is 2.29. The number of nitrogens with one attached hydrogen (secondary N) is 2. The first-order valence-corrected chi connectivity index (χ1v) is 7.16. The van der Waals surface area contributed by atoms with Gasteiger partial charge in [-0.1, -0.05) is 35.0 Å². The van der Waals surface area contributed by atoms with Gasteiger partial charge >= 0.3 is 0 Å². The van der Waals surface area contributed by atoms with Gasteiger partial charge in [0.25, 0.3) is 10.2 Å². The zero-order valence-corrected chi connectivity index (χ0v) is 11.6. The summed E-state index contributed by atoms with van der Waals surface area (Å²) in [7, 11) is -1.96. The summed E-state index contributed by atoms with van der Waals surface area (Å²) in [6.07, 6.45) is 0. The van der Waals surface area contributed by atoms with Crippen LogP contribution in [0, 0.1) is 0 Å². The molecule has 1 atom stereocenters. The molecule has 1 aromatic rings. The Morgan fingerprint density at radius 3 is 2.38 bits per heavy atom. The molecule has 0 radical (unpaired) electrons. The molecule has 1 rings (SSSR count). The molecule has 0 saturated heterocycles. The smallest absolute Gasteiger partial charge is 0.205 e. The standard InChI is InChI=1S/C10H15BrN2O2S/c1-8(7-13-16(14,15)12-2)9-3-5-10(11)6-4-9/h3-6,8,12-13H,7H2,1-2H3. The van der Waals surface area contributed by atoms with Crippen LogP contribution in [-0.2, 0) is 10.2 Å². The van der Waals surface area contributed by atoms with Crippen LogP contribution in [0.1, 0.15) is 18.4 Å². The van der Waals surface area contributed by atoms with Gasteiger partial charge in [-0.15, -0.1) is 0 Å². The van der Waals surface area contributed by atoms with E-state index in [0.717, 1.165) is 10.0 Å². The summed E-state index contributed by atoms with van der Waals surface area (Å²) in [4.78, 5) is 0. The van der Waals surface area contributed by atoms with E-state index in [-0.39, 0.29) is 5.92 Å². The molecule has 0 aliphatic heterocycles. The van der Waals surface area contributed by atoms with Gasteiger partial charge in [0.2, 0.25) is 0 Å². The second-order valence-electron chi connectivity index (χ2n) is 3.51. The molecule has 6 heteroatoms. The topological polar surface area (TPSA) is 58.2 Å². The van der Waals surface area contributed by atoms with Gasteiger partial charge in [-0.3, -0.25) is 0 Å². The molecule has 0 aromatic heterocycles. The van der Waals surface area contributed by atoms with Crippen LogP contribution in [0.4, 0.5) is 0 Å². The Balaban J connectivity index is 2.59. The van der Waals surface area contributed by atoms with Crippen molar-refractivity contribution in [2.24, 2.45) is 0 Å². The van der Waals surface area contributed by atoms with Gasteiger partial charge in [0.15, 0.2) is 0 Å². The zero-order chi connectivity index (χ0) is 12.2. The van der Waals surface area contributed by atoms with Gasteiger partial charge in [-0.2, -0.15) is 8.42 Å². The normalized spacial score (nSPS) is 13.7. The molecule has 1 unspecified atom stereocenters. The Labute approximate surface area is 105 Å². The van der Waals surface area contributed by atoms with Gasteiger partial charge in [0.1, 0.15) is 0 Å². The Hall–Kier alpha value is -0.430. The molecule has 0 aliphatic rings. The summed E-state index contributed by atoms with van der Waals surface area (Å²) in [6.45, 7) is 2.35. The lowest BCUT2D eigenvalue weighted by atomic mass is 10.0. The first kappa shape index (κ1) is 13.6. The van der Waals surface area contributed by atoms with Crippen molar-refractivity contribution >= 4 is 26.1 Å². The minimum atomic E-state index is -3.34. The lowest BCUT2D eigenvalue weighted by Crippen LogP contribution is -2.36. The van der Waals surface area contributed by atoms with Gasteiger partial charge in [0.05, 0.1) is 0 Å². The van der Waals surface area contributed by atoms with E-state index in [1.54, 1.807) is 0 Å². The van der Waals surface area contributed by atoms with Crippen LogP contribution in [0.15, 0.2) is 28.7 Å². The molecule has 0 bridgehead atoms. The van der Waals surface area contributed by atoms with Crippen molar-refractivity contribution in [1.29, 1.82) is 0 Å². The SMILES string of the molecule is CNS(=O)(=O)NCC(C)c1ccc(Br)cc1. The fraction of sp³-hybridized carbons (Fsp3) is 0.400. The van der Waals surface area contributed by atoms with E-state index in [4.69, 9.17) is 0 Å². The molecular formula is C10H15BrN2O2S.